The number of nitrogens with one attached hydrogen (secondary N) is 1. The standard InChI is InChI=1S/C19H21NO5S/c1-2-7-17(19(22)23)20-18(21)15-9-6-8-14(12-15)13-26(24,25)16-10-4-3-5-11-16/h3-6,8-12,17H,2,7,13H2,1H3,(H,20,21)(H,22,23). The predicted octanol–water partition coefficient (Wildman–Crippen LogP) is 2.64. The molecule has 138 valence electrons. The quantitative estimate of drug-likeness (QED) is 0.739. The van der Waals surface area contributed by atoms with Gasteiger partial charge < -0.3 is 10.4 Å². The third kappa shape index (κ3) is 5.16. The van der Waals surface area contributed by atoms with E-state index in [-0.39, 0.29) is 16.2 Å². The Morgan fingerprint density at radius 3 is 2.38 bits per heavy atom. The van der Waals surface area contributed by atoms with Crippen molar-refractivity contribution in [3.63, 3.8) is 0 Å². The fourth-order valence-corrected chi connectivity index (χ4v) is 3.88. The molecule has 0 saturated carbocycles. The number of benzene rings is 2. The van der Waals surface area contributed by atoms with Gasteiger partial charge in [-0.25, -0.2) is 13.2 Å². The van der Waals surface area contributed by atoms with Crippen LogP contribution >= 0.6 is 0 Å². The second-order valence-electron chi connectivity index (χ2n) is 5.93. The van der Waals surface area contributed by atoms with Gasteiger partial charge in [-0.3, -0.25) is 4.79 Å². The van der Waals surface area contributed by atoms with Crippen LogP contribution in [-0.4, -0.2) is 31.4 Å². The first kappa shape index (κ1) is 19.7. The first-order valence-electron chi connectivity index (χ1n) is 8.24. The number of carbonyl (C=O) groups excluding carboxylic acids is 1. The molecule has 0 aliphatic rings. The topological polar surface area (TPSA) is 101 Å². The molecule has 2 N–H and O–H groups in total. The zero-order chi connectivity index (χ0) is 19.2. The molecule has 2 aromatic carbocycles. The second kappa shape index (κ2) is 8.62. The van der Waals surface area contributed by atoms with Gasteiger partial charge >= 0.3 is 5.97 Å². The minimum absolute atomic E-state index is 0.212. The zero-order valence-corrected chi connectivity index (χ0v) is 15.2. The van der Waals surface area contributed by atoms with Gasteiger partial charge in [-0.15, -0.1) is 0 Å². The van der Waals surface area contributed by atoms with Crippen LogP contribution < -0.4 is 5.32 Å². The Bertz CT molecular complexity index is 878. The maximum absolute atomic E-state index is 12.5. The highest BCUT2D eigenvalue weighted by molar-refractivity contribution is 7.90. The number of rotatable bonds is 8. The minimum atomic E-state index is -3.53. The van der Waals surface area contributed by atoms with Gasteiger partial charge in [0.05, 0.1) is 10.6 Å². The van der Waals surface area contributed by atoms with Crippen LogP contribution in [0.25, 0.3) is 0 Å². The lowest BCUT2D eigenvalue weighted by Crippen LogP contribution is -2.40. The molecule has 7 heteroatoms. The number of carboxylic acids is 1. The normalized spacial score (nSPS) is 12.3. The van der Waals surface area contributed by atoms with Crippen molar-refractivity contribution in [1.82, 2.24) is 5.32 Å². The van der Waals surface area contributed by atoms with E-state index in [4.69, 9.17) is 5.11 Å². The molecule has 0 heterocycles. The fraction of sp³-hybridized carbons (Fsp3) is 0.263. The molecule has 0 aliphatic heterocycles. The highest BCUT2D eigenvalue weighted by Crippen LogP contribution is 2.17. The van der Waals surface area contributed by atoms with Gasteiger partial charge in [0.15, 0.2) is 9.84 Å². The van der Waals surface area contributed by atoms with Crippen LogP contribution in [0.4, 0.5) is 0 Å². The Hall–Kier alpha value is -2.67. The van der Waals surface area contributed by atoms with Gasteiger partial charge in [0.25, 0.3) is 5.91 Å². The van der Waals surface area contributed by atoms with Crippen molar-refractivity contribution in [2.45, 2.75) is 36.5 Å². The molecule has 0 radical (unpaired) electrons. The number of aliphatic carboxylic acids is 1. The second-order valence-corrected chi connectivity index (χ2v) is 7.92. The van der Waals surface area contributed by atoms with E-state index in [1.807, 2.05) is 6.92 Å². The van der Waals surface area contributed by atoms with E-state index in [0.717, 1.165) is 0 Å². The number of hydrogen-bond acceptors (Lipinski definition) is 4. The lowest BCUT2D eigenvalue weighted by atomic mass is 10.1. The van der Waals surface area contributed by atoms with Crippen LogP contribution in [-0.2, 0) is 20.4 Å². The van der Waals surface area contributed by atoms with Crippen LogP contribution in [0.15, 0.2) is 59.5 Å². The molecule has 2 rings (SSSR count). The Morgan fingerprint density at radius 2 is 1.77 bits per heavy atom. The smallest absolute Gasteiger partial charge is 0.326 e. The third-order valence-corrected chi connectivity index (χ3v) is 5.53. The summed E-state index contributed by atoms with van der Waals surface area (Å²) < 4.78 is 24.9. The van der Waals surface area contributed by atoms with E-state index in [2.05, 4.69) is 5.32 Å². The van der Waals surface area contributed by atoms with Crippen molar-refractivity contribution in [2.75, 3.05) is 0 Å². The van der Waals surface area contributed by atoms with Gasteiger partial charge in [0, 0.05) is 5.56 Å². The third-order valence-electron chi connectivity index (χ3n) is 3.83. The summed E-state index contributed by atoms with van der Waals surface area (Å²) in [6.45, 7) is 1.83. The van der Waals surface area contributed by atoms with Crippen molar-refractivity contribution < 1.29 is 23.1 Å². The Labute approximate surface area is 152 Å². The molecule has 0 fully saturated rings. The highest BCUT2D eigenvalue weighted by atomic mass is 32.2. The largest absolute Gasteiger partial charge is 0.480 e. The van der Waals surface area contributed by atoms with Crippen molar-refractivity contribution >= 4 is 21.7 Å². The molecular formula is C19H21NO5S. The summed E-state index contributed by atoms with van der Waals surface area (Å²) in [5, 5.41) is 11.6. The average molecular weight is 375 g/mol. The van der Waals surface area contributed by atoms with Gasteiger partial charge in [0.1, 0.15) is 6.04 Å². The van der Waals surface area contributed by atoms with E-state index in [0.29, 0.717) is 18.4 Å². The molecule has 0 aliphatic carbocycles. The number of carboxylic acid groups (broad SMARTS) is 1. The van der Waals surface area contributed by atoms with Crippen LogP contribution in [0.3, 0.4) is 0 Å². The lowest BCUT2D eigenvalue weighted by Gasteiger charge is -2.14. The molecule has 1 unspecified atom stereocenters. The average Bonchev–Trinajstić information content (AvgIpc) is 2.61. The Morgan fingerprint density at radius 1 is 1.08 bits per heavy atom. The fourth-order valence-electron chi connectivity index (χ4n) is 2.52. The highest BCUT2D eigenvalue weighted by Gasteiger charge is 2.20. The summed E-state index contributed by atoms with van der Waals surface area (Å²) in [6, 6.07) is 13.3. The van der Waals surface area contributed by atoms with E-state index in [1.54, 1.807) is 30.3 Å². The number of amides is 1. The van der Waals surface area contributed by atoms with Crippen LogP contribution in [0, 0.1) is 0 Å². The molecule has 26 heavy (non-hydrogen) atoms. The van der Waals surface area contributed by atoms with Crippen LogP contribution in [0.1, 0.15) is 35.7 Å². The lowest BCUT2D eigenvalue weighted by molar-refractivity contribution is -0.139. The predicted molar refractivity (Wildman–Crippen MR) is 97.6 cm³/mol. The molecule has 1 amide bonds. The number of sulfone groups is 1. The van der Waals surface area contributed by atoms with Crippen molar-refractivity contribution in [3.8, 4) is 0 Å². The molecular weight excluding hydrogens is 354 g/mol. The van der Waals surface area contributed by atoms with E-state index >= 15 is 0 Å². The maximum atomic E-state index is 12.5. The molecule has 0 saturated heterocycles. The Balaban J connectivity index is 2.17. The molecule has 0 spiro atoms. The Kier molecular flexibility index (Phi) is 6.52. The van der Waals surface area contributed by atoms with Gasteiger partial charge in [-0.05, 0) is 36.2 Å². The van der Waals surface area contributed by atoms with Crippen molar-refractivity contribution in [1.29, 1.82) is 0 Å². The molecule has 6 nitrogen and oxygen atoms in total. The summed E-state index contributed by atoms with van der Waals surface area (Å²) in [5.41, 5.74) is 0.692. The summed E-state index contributed by atoms with van der Waals surface area (Å²) in [5.74, 6) is -1.87. The molecule has 0 aromatic heterocycles. The van der Waals surface area contributed by atoms with Crippen molar-refractivity contribution in [2.24, 2.45) is 0 Å². The summed E-state index contributed by atoms with van der Waals surface area (Å²) >= 11 is 0. The number of hydrogen-bond donors (Lipinski definition) is 2. The van der Waals surface area contributed by atoms with E-state index < -0.39 is 27.8 Å². The molecule has 1 atom stereocenters. The van der Waals surface area contributed by atoms with Crippen LogP contribution in [0.5, 0.6) is 0 Å². The minimum Gasteiger partial charge on any atom is -0.480 e. The van der Waals surface area contributed by atoms with Gasteiger partial charge in [0.2, 0.25) is 0 Å². The first-order valence-corrected chi connectivity index (χ1v) is 9.89. The van der Waals surface area contributed by atoms with E-state index in [1.165, 1.54) is 24.3 Å². The molecule has 2 aromatic rings. The summed E-state index contributed by atoms with van der Waals surface area (Å²) in [6.07, 6.45) is 0.940. The van der Waals surface area contributed by atoms with E-state index in [9.17, 15) is 18.0 Å². The first-order chi connectivity index (χ1) is 12.3. The summed E-state index contributed by atoms with van der Waals surface area (Å²) in [7, 11) is -3.53. The van der Waals surface area contributed by atoms with Gasteiger partial charge in [-0.2, -0.15) is 0 Å². The number of carbonyl (C=O) groups is 2. The SMILES string of the molecule is CCCC(NC(=O)c1cccc(CS(=O)(=O)c2ccccc2)c1)C(=O)O. The van der Waals surface area contributed by atoms with Gasteiger partial charge in [-0.1, -0.05) is 43.7 Å². The maximum Gasteiger partial charge on any atom is 0.326 e. The zero-order valence-electron chi connectivity index (χ0n) is 14.4. The van der Waals surface area contributed by atoms with Crippen LogP contribution in [0.2, 0.25) is 0 Å². The van der Waals surface area contributed by atoms with Crippen molar-refractivity contribution in [3.05, 3.63) is 65.7 Å². The monoisotopic (exact) mass is 375 g/mol. The molecule has 0 bridgehead atoms. The summed E-state index contributed by atoms with van der Waals surface area (Å²) in [4.78, 5) is 23.7.